The fourth-order valence-corrected chi connectivity index (χ4v) is 3.04. The molecule has 1 fully saturated rings. The van der Waals surface area contributed by atoms with Crippen LogP contribution in [0.25, 0.3) is 0 Å². The summed E-state index contributed by atoms with van der Waals surface area (Å²) in [6.07, 6.45) is -2.85. The highest BCUT2D eigenvalue weighted by molar-refractivity contribution is 5.85. The van der Waals surface area contributed by atoms with Crippen LogP contribution in [0.15, 0.2) is 48.5 Å². The molecule has 0 bridgehead atoms. The van der Waals surface area contributed by atoms with Gasteiger partial charge in [0.15, 0.2) is 0 Å². The first-order chi connectivity index (χ1) is 12.0. The summed E-state index contributed by atoms with van der Waals surface area (Å²) in [6.45, 7) is 2.08. The van der Waals surface area contributed by atoms with E-state index < -0.39 is 6.36 Å². The Morgan fingerprint density at radius 3 is 2.35 bits per heavy atom. The predicted molar refractivity (Wildman–Crippen MR) is 96.0 cm³/mol. The molecule has 0 amide bonds. The molecule has 2 aromatic carbocycles. The summed E-state index contributed by atoms with van der Waals surface area (Å²) in [6, 6.07) is 13.9. The molecule has 0 spiro atoms. The van der Waals surface area contributed by atoms with Crippen molar-refractivity contribution in [1.82, 2.24) is 5.32 Å². The molecule has 3 nitrogen and oxygen atoms in total. The maximum atomic E-state index is 12.5. The molecule has 26 heavy (non-hydrogen) atoms. The standard InChI is InChI=1S/C19H20F3NO2.ClH/c20-19(21,22)25-16-6-7-17(15-8-10-23-11-9-15)18(12-16)24-13-14-4-2-1-3-5-14;/h1-7,12,15,23H,8-11,13H2;1H. The number of hydrogen-bond donors (Lipinski definition) is 1. The molecule has 142 valence electrons. The lowest BCUT2D eigenvalue weighted by molar-refractivity contribution is -0.274. The number of nitrogens with one attached hydrogen (secondary N) is 1. The normalized spacial score (nSPS) is 15.2. The van der Waals surface area contributed by atoms with Gasteiger partial charge >= 0.3 is 6.36 Å². The van der Waals surface area contributed by atoms with Crippen LogP contribution in [-0.2, 0) is 6.61 Å². The molecule has 1 aliphatic heterocycles. The van der Waals surface area contributed by atoms with Gasteiger partial charge in [-0.15, -0.1) is 25.6 Å². The molecular formula is C19H21ClF3NO2. The second-order valence-corrected chi connectivity index (χ2v) is 6.05. The Morgan fingerprint density at radius 1 is 1.00 bits per heavy atom. The third-order valence-electron chi connectivity index (χ3n) is 4.23. The predicted octanol–water partition coefficient (Wildman–Crippen LogP) is 5.05. The average Bonchev–Trinajstić information content (AvgIpc) is 2.60. The molecule has 1 heterocycles. The van der Waals surface area contributed by atoms with E-state index in [0.29, 0.717) is 12.4 Å². The molecule has 0 aliphatic carbocycles. The van der Waals surface area contributed by atoms with Gasteiger partial charge in [0.05, 0.1) is 0 Å². The minimum Gasteiger partial charge on any atom is -0.488 e. The van der Waals surface area contributed by atoms with Crippen molar-refractivity contribution in [3.8, 4) is 11.5 Å². The van der Waals surface area contributed by atoms with Crippen molar-refractivity contribution >= 4 is 12.4 Å². The van der Waals surface area contributed by atoms with E-state index in [2.05, 4.69) is 10.1 Å². The van der Waals surface area contributed by atoms with Crippen molar-refractivity contribution in [2.24, 2.45) is 0 Å². The maximum absolute atomic E-state index is 12.5. The molecule has 1 aliphatic rings. The van der Waals surface area contributed by atoms with Gasteiger partial charge in [0.1, 0.15) is 18.1 Å². The molecular weight excluding hydrogens is 367 g/mol. The van der Waals surface area contributed by atoms with E-state index >= 15 is 0 Å². The molecule has 0 atom stereocenters. The Bertz CT molecular complexity index is 689. The van der Waals surface area contributed by atoms with E-state index in [1.165, 1.54) is 12.1 Å². The fourth-order valence-electron chi connectivity index (χ4n) is 3.04. The van der Waals surface area contributed by atoms with Crippen LogP contribution in [0.2, 0.25) is 0 Å². The van der Waals surface area contributed by atoms with E-state index in [4.69, 9.17) is 4.74 Å². The second-order valence-electron chi connectivity index (χ2n) is 6.05. The van der Waals surface area contributed by atoms with Crippen molar-refractivity contribution in [3.05, 3.63) is 59.7 Å². The maximum Gasteiger partial charge on any atom is 0.573 e. The summed E-state index contributed by atoms with van der Waals surface area (Å²) in [7, 11) is 0. The molecule has 3 rings (SSSR count). The first-order valence-corrected chi connectivity index (χ1v) is 8.28. The van der Waals surface area contributed by atoms with Crippen LogP contribution in [0.5, 0.6) is 11.5 Å². The van der Waals surface area contributed by atoms with E-state index in [1.54, 1.807) is 6.07 Å². The quantitative estimate of drug-likeness (QED) is 0.778. The summed E-state index contributed by atoms with van der Waals surface area (Å²) < 4.78 is 47.4. The van der Waals surface area contributed by atoms with Crippen molar-refractivity contribution in [1.29, 1.82) is 0 Å². The van der Waals surface area contributed by atoms with Crippen LogP contribution < -0.4 is 14.8 Å². The first-order valence-electron chi connectivity index (χ1n) is 8.28. The number of halogens is 4. The van der Waals surface area contributed by atoms with Gasteiger partial charge in [-0.3, -0.25) is 0 Å². The lowest BCUT2D eigenvalue weighted by Gasteiger charge is -2.25. The van der Waals surface area contributed by atoms with E-state index in [1.807, 2.05) is 30.3 Å². The molecule has 0 saturated carbocycles. The largest absolute Gasteiger partial charge is 0.573 e. The zero-order valence-corrected chi connectivity index (χ0v) is 14.9. The van der Waals surface area contributed by atoms with Crippen molar-refractivity contribution in [2.45, 2.75) is 31.7 Å². The highest BCUT2D eigenvalue weighted by Gasteiger charge is 2.31. The van der Waals surface area contributed by atoms with Gasteiger partial charge in [0.25, 0.3) is 0 Å². The lowest BCUT2D eigenvalue weighted by Crippen LogP contribution is -2.27. The summed E-state index contributed by atoms with van der Waals surface area (Å²) >= 11 is 0. The summed E-state index contributed by atoms with van der Waals surface area (Å²) in [5, 5.41) is 3.29. The molecule has 7 heteroatoms. The molecule has 1 saturated heterocycles. The van der Waals surface area contributed by atoms with Crippen LogP contribution in [0.4, 0.5) is 13.2 Å². The monoisotopic (exact) mass is 387 g/mol. The zero-order chi connectivity index (χ0) is 17.7. The number of benzene rings is 2. The van der Waals surface area contributed by atoms with E-state index in [-0.39, 0.29) is 24.1 Å². The summed E-state index contributed by atoms with van der Waals surface area (Å²) in [5.41, 5.74) is 1.90. The highest BCUT2D eigenvalue weighted by atomic mass is 35.5. The fraction of sp³-hybridized carbons (Fsp3) is 0.368. The van der Waals surface area contributed by atoms with Crippen molar-refractivity contribution in [2.75, 3.05) is 13.1 Å². The number of hydrogen-bond acceptors (Lipinski definition) is 3. The number of alkyl halides is 3. The van der Waals surface area contributed by atoms with Gasteiger partial charge in [-0.2, -0.15) is 0 Å². The van der Waals surface area contributed by atoms with Crippen LogP contribution in [0, 0.1) is 0 Å². The number of piperidine rings is 1. The van der Waals surface area contributed by atoms with Crippen LogP contribution >= 0.6 is 12.4 Å². The van der Waals surface area contributed by atoms with Gasteiger partial charge in [-0.1, -0.05) is 36.4 Å². The minimum atomic E-state index is -4.72. The minimum absolute atomic E-state index is 0. The van der Waals surface area contributed by atoms with E-state index in [9.17, 15) is 13.2 Å². The van der Waals surface area contributed by atoms with Gasteiger partial charge in [0, 0.05) is 6.07 Å². The molecule has 1 N–H and O–H groups in total. The summed E-state index contributed by atoms with van der Waals surface area (Å²) in [4.78, 5) is 0. The zero-order valence-electron chi connectivity index (χ0n) is 14.1. The SMILES string of the molecule is Cl.FC(F)(F)Oc1ccc(C2CCNCC2)c(OCc2ccccc2)c1. The van der Waals surface area contributed by atoms with Crippen LogP contribution in [0.1, 0.15) is 29.9 Å². The lowest BCUT2D eigenvalue weighted by atomic mass is 9.89. The molecule has 0 aromatic heterocycles. The second kappa shape index (κ2) is 9.14. The Kier molecular flexibility index (Phi) is 7.17. The Balaban J connectivity index is 0.00000243. The van der Waals surface area contributed by atoms with Crippen molar-refractivity contribution < 1.29 is 22.6 Å². The van der Waals surface area contributed by atoms with Gasteiger partial charge < -0.3 is 14.8 Å². The molecule has 2 aromatic rings. The first kappa shape index (κ1) is 20.4. The third-order valence-corrected chi connectivity index (χ3v) is 4.23. The van der Waals surface area contributed by atoms with Crippen molar-refractivity contribution in [3.63, 3.8) is 0 Å². The third kappa shape index (κ3) is 5.81. The van der Waals surface area contributed by atoms with Crippen LogP contribution in [0.3, 0.4) is 0 Å². The Labute approximate surface area is 156 Å². The molecule has 0 unspecified atom stereocenters. The Hall–Kier alpha value is -1.92. The topological polar surface area (TPSA) is 30.5 Å². The van der Waals surface area contributed by atoms with Gasteiger partial charge in [0.2, 0.25) is 0 Å². The highest BCUT2D eigenvalue weighted by Crippen LogP contribution is 2.37. The van der Waals surface area contributed by atoms with E-state index in [0.717, 1.165) is 37.1 Å². The van der Waals surface area contributed by atoms with Gasteiger partial charge in [-0.05, 0) is 49.0 Å². The summed E-state index contributed by atoms with van der Waals surface area (Å²) in [5.74, 6) is 0.470. The van der Waals surface area contributed by atoms with Gasteiger partial charge in [-0.25, -0.2) is 0 Å². The Morgan fingerprint density at radius 2 is 1.69 bits per heavy atom. The molecule has 0 radical (unpaired) electrons. The smallest absolute Gasteiger partial charge is 0.488 e. The van der Waals surface area contributed by atoms with Crippen LogP contribution in [-0.4, -0.2) is 19.5 Å². The number of rotatable bonds is 5. The number of ether oxygens (including phenoxy) is 2. The average molecular weight is 388 g/mol.